The van der Waals surface area contributed by atoms with Crippen molar-refractivity contribution in [3.63, 3.8) is 0 Å². The maximum atomic E-state index is 12.8. The van der Waals surface area contributed by atoms with E-state index in [1.165, 1.54) is 11.1 Å². The van der Waals surface area contributed by atoms with Crippen molar-refractivity contribution in [1.82, 2.24) is 15.1 Å². The minimum Gasteiger partial charge on any atom is -0.336 e. The van der Waals surface area contributed by atoms with Crippen LogP contribution in [-0.2, 0) is 0 Å². The van der Waals surface area contributed by atoms with Crippen molar-refractivity contribution >= 4 is 27.3 Å². The van der Waals surface area contributed by atoms with Gasteiger partial charge in [-0.1, -0.05) is 18.2 Å². The van der Waals surface area contributed by atoms with Gasteiger partial charge in [-0.05, 0) is 19.0 Å². The second-order valence-corrected chi connectivity index (χ2v) is 7.03. The van der Waals surface area contributed by atoms with Crippen LogP contribution in [0.2, 0.25) is 0 Å². The van der Waals surface area contributed by atoms with Gasteiger partial charge < -0.3 is 10.2 Å². The summed E-state index contributed by atoms with van der Waals surface area (Å²) < 4.78 is 1.20. The summed E-state index contributed by atoms with van der Waals surface area (Å²) in [6.07, 6.45) is 1.24. The number of fused-ring (bicyclic) bond motifs is 1. The van der Waals surface area contributed by atoms with Crippen LogP contribution in [0.25, 0.3) is 10.1 Å². The van der Waals surface area contributed by atoms with Gasteiger partial charge in [-0.25, -0.2) is 0 Å². The summed E-state index contributed by atoms with van der Waals surface area (Å²) in [6, 6.07) is 8.85. The maximum Gasteiger partial charge on any atom is 0.255 e. The first-order valence-corrected chi connectivity index (χ1v) is 8.91. The van der Waals surface area contributed by atoms with E-state index in [4.69, 9.17) is 0 Å². The van der Waals surface area contributed by atoms with Crippen LogP contribution >= 0.6 is 11.3 Å². The van der Waals surface area contributed by atoms with Gasteiger partial charge in [-0.3, -0.25) is 9.69 Å². The minimum absolute atomic E-state index is 0.196. The fourth-order valence-electron chi connectivity index (χ4n) is 3.56. The Morgan fingerprint density at radius 2 is 2.00 bits per heavy atom. The molecule has 3 heterocycles. The number of hydrogen-bond donors (Lipinski definition) is 1. The molecular weight excluding hydrogens is 294 g/mol. The summed E-state index contributed by atoms with van der Waals surface area (Å²) in [4.78, 5) is 17.4. The standard InChI is InChI=1S/C17H21N3OS/c21-17(15-12-22-16-4-2-1-3-14(15)16)20-9-7-19(8-10-20)13-5-6-18-11-13/h1-4,12-13,18H,5-11H2. The van der Waals surface area contributed by atoms with Crippen LogP contribution in [0.5, 0.6) is 0 Å². The Morgan fingerprint density at radius 3 is 2.77 bits per heavy atom. The predicted octanol–water partition coefficient (Wildman–Crippen LogP) is 2.02. The largest absolute Gasteiger partial charge is 0.336 e. The Labute approximate surface area is 134 Å². The fourth-order valence-corrected chi connectivity index (χ4v) is 4.49. The maximum absolute atomic E-state index is 12.8. The molecule has 1 aromatic heterocycles. The summed E-state index contributed by atoms with van der Waals surface area (Å²) in [6.45, 7) is 5.92. The molecule has 4 nitrogen and oxygen atoms in total. The molecule has 116 valence electrons. The third-order valence-corrected chi connectivity index (χ3v) is 5.83. The molecule has 22 heavy (non-hydrogen) atoms. The number of hydrogen-bond acceptors (Lipinski definition) is 4. The SMILES string of the molecule is O=C(c1csc2ccccc12)N1CCN(C2CCNC2)CC1. The lowest BCUT2D eigenvalue weighted by atomic mass is 10.1. The number of amides is 1. The van der Waals surface area contributed by atoms with Crippen LogP contribution in [0.4, 0.5) is 0 Å². The van der Waals surface area contributed by atoms with Crippen LogP contribution in [0, 0.1) is 0 Å². The van der Waals surface area contributed by atoms with E-state index < -0.39 is 0 Å². The third kappa shape index (κ3) is 2.53. The normalized spacial score (nSPS) is 23.3. The predicted molar refractivity (Wildman–Crippen MR) is 90.6 cm³/mol. The van der Waals surface area contributed by atoms with Crippen molar-refractivity contribution < 1.29 is 4.79 Å². The molecule has 2 saturated heterocycles. The monoisotopic (exact) mass is 315 g/mol. The summed E-state index contributed by atoms with van der Waals surface area (Å²) in [7, 11) is 0. The number of piperazine rings is 1. The molecule has 0 spiro atoms. The van der Waals surface area contributed by atoms with Gasteiger partial charge in [0, 0.05) is 54.2 Å². The molecule has 1 unspecified atom stereocenters. The average molecular weight is 315 g/mol. The van der Waals surface area contributed by atoms with E-state index in [9.17, 15) is 4.79 Å². The summed E-state index contributed by atoms with van der Waals surface area (Å²) in [5, 5.41) is 6.54. The second kappa shape index (κ2) is 5.99. The molecule has 4 rings (SSSR count). The Hall–Kier alpha value is -1.43. The number of benzene rings is 1. The summed E-state index contributed by atoms with van der Waals surface area (Å²) >= 11 is 1.66. The lowest BCUT2D eigenvalue weighted by Crippen LogP contribution is -2.52. The summed E-state index contributed by atoms with van der Waals surface area (Å²) in [5.74, 6) is 0.196. The van der Waals surface area contributed by atoms with Crippen molar-refractivity contribution in [2.24, 2.45) is 0 Å². The molecule has 1 atom stereocenters. The van der Waals surface area contributed by atoms with Gasteiger partial charge in [0.05, 0.1) is 5.56 Å². The van der Waals surface area contributed by atoms with Crippen molar-refractivity contribution in [3.05, 3.63) is 35.2 Å². The molecule has 1 aromatic carbocycles. The molecule has 2 aliphatic heterocycles. The second-order valence-electron chi connectivity index (χ2n) is 6.12. The lowest BCUT2D eigenvalue weighted by Gasteiger charge is -2.37. The molecule has 1 amide bonds. The quantitative estimate of drug-likeness (QED) is 0.921. The van der Waals surface area contributed by atoms with Crippen LogP contribution in [0.15, 0.2) is 29.6 Å². The van der Waals surface area contributed by atoms with Crippen LogP contribution in [0.1, 0.15) is 16.8 Å². The Morgan fingerprint density at radius 1 is 1.18 bits per heavy atom. The Balaban J connectivity index is 1.45. The highest BCUT2D eigenvalue weighted by atomic mass is 32.1. The number of nitrogens with one attached hydrogen (secondary N) is 1. The highest BCUT2D eigenvalue weighted by Crippen LogP contribution is 2.27. The highest BCUT2D eigenvalue weighted by Gasteiger charge is 2.28. The van der Waals surface area contributed by atoms with Crippen LogP contribution in [-0.4, -0.2) is 61.0 Å². The van der Waals surface area contributed by atoms with E-state index >= 15 is 0 Å². The molecule has 0 aliphatic carbocycles. The number of carbonyl (C=O) groups excluding carboxylic acids is 1. The fraction of sp³-hybridized carbons (Fsp3) is 0.471. The van der Waals surface area contributed by atoms with Gasteiger partial charge in [0.15, 0.2) is 0 Å². The van der Waals surface area contributed by atoms with Gasteiger partial charge >= 0.3 is 0 Å². The van der Waals surface area contributed by atoms with E-state index in [1.807, 2.05) is 22.4 Å². The van der Waals surface area contributed by atoms with Gasteiger partial charge in [-0.2, -0.15) is 0 Å². The van der Waals surface area contributed by atoms with E-state index in [-0.39, 0.29) is 5.91 Å². The zero-order chi connectivity index (χ0) is 14.9. The minimum atomic E-state index is 0.196. The number of thiophene rings is 1. The molecule has 1 N–H and O–H groups in total. The van der Waals surface area contributed by atoms with Gasteiger partial charge in [-0.15, -0.1) is 11.3 Å². The lowest BCUT2D eigenvalue weighted by molar-refractivity contribution is 0.0586. The van der Waals surface area contributed by atoms with Gasteiger partial charge in [0.25, 0.3) is 5.91 Å². The first-order valence-electron chi connectivity index (χ1n) is 8.03. The first kappa shape index (κ1) is 14.2. The summed E-state index contributed by atoms with van der Waals surface area (Å²) in [5.41, 5.74) is 0.872. The van der Waals surface area contributed by atoms with Gasteiger partial charge in [0.1, 0.15) is 0 Å². The molecule has 2 aliphatic rings. The topological polar surface area (TPSA) is 35.6 Å². The van der Waals surface area contributed by atoms with Gasteiger partial charge in [0.2, 0.25) is 0 Å². The van der Waals surface area contributed by atoms with Crippen LogP contribution < -0.4 is 5.32 Å². The van der Waals surface area contributed by atoms with Crippen molar-refractivity contribution in [2.75, 3.05) is 39.3 Å². The average Bonchev–Trinajstić information content (AvgIpc) is 3.24. The molecule has 2 fully saturated rings. The van der Waals surface area contributed by atoms with E-state index in [0.29, 0.717) is 6.04 Å². The molecular formula is C17H21N3OS. The molecule has 2 aromatic rings. The van der Waals surface area contributed by atoms with Crippen molar-refractivity contribution in [2.45, 2.75) is 12.5 Å². The zero-order valence-electron chi connectivity index (χ0n) is 12.6. The molecule has 0 saturated carbocycles. The smallest absolute Gasteiger partial charge is 0.255 e. The zero-order valence-corrected chi connectivity index (χ0v) is 13.4. The highest BCUT2D eigenvalue weighted by molar-refractivity contribution is 7.17. The van der Waals surface area contributed by atoms with Crippen LogP contribution in [0.3, 0.4) is 0 Å². The molecule has 0 bridgehead atoms. The third-order valence-electron chi connectivity index (χ3n) is 4.86. The number of rotatable bonds is 2. The van der Waals surface area contributed by atoms with E-state index in [2.05, 4.69) is 22.3 Å². The Kier molecular flexibility index (Phi) is 3.86. The van der Waals surface area contributed by atoms with E-state index in [0.717, 1.165) is 50.2 Å². The first-order chi connectivity index (χ1) is 10.8. The Bertz CT molecular complexity index is 669. The van der Waals surface area contributed by atoms with Crippen molar-refractivity contribution in [3.8, 4) is 0 Å². The van der Waals surface area contributed by atoms with Crippen molar-refractivity contribution in [1.29, 1.82) is 0 Å². The molecule has 0 radical (unpaired) electrons. The number of carbonyl (C=O) groups is 1. The molecule has 5 heteroatoms. The number of nitrogens with zero attached hydrogens (tertiary/aromatic N) is 2. The van der Waals surface area contributed by atoms with E-state index in [1.54, 1.807) is 11.3 Å².